The summed E-state index contributed by atoms with van der Waals surface area (Å²) in [5, 5.41) is 0. The number of ether oxygens (including phenoxy) is 2. The number of fused-ring (bicyclic) bond motifs is 1. The van der Waals surface area contributed by atoms with Gasteiger partial charge in [-0.2, -0.15) is 0 Å². The summed E-state index contributed by atoms with van der Waals surface area (Å²) in [7, 11) is 1.90. The van der Waals surface area contributed by atoms with E-state index in [4.69, 9.17) is 9.47 Å². The first-order valence-corrected chi connectivity index (χ1v) is 6.86. The van der Waals surface area contributed by atoms with E-state index in [2.05, 4.69) is 0 Å². The number of hydrogen-bond acceptors (Lipinski definition) is 4. The van der Waals surface area contributed by atoms with E-state index < -0.39 is 0 Å². The highest BCUT2D eigenvalue weighted by Crippen LogP contribution is 2.34. The third-order valence-corrected chi connectivity index (χ3v) is 3.35. The maximum atomic E-state index is 12.3. The average molecular weight is 297 g/mol. The quantitative estimate of drug-likeness (QED) is 0.814. The highest BCUT2D eigenvalue weighted by atomic mass is 16.5. The van der Waals surface area contributed by atoms with Gasteiger partial charge in [0, 0.05) is 31.1 Å². The summed E-state index contributed by atoms with van der Waals surface area (Å²) in [5.74, 6) is 1.00. The molecular weight excluding hydrogens is 282 g/mol. The second-order valence-electron chi connectivity index (χ2n) is 5.13. The molecule has 0 spiro atoms. The fourth-order valence-electron chi connectivity index (χ4n) is 2.20. The maximum Gasteiger partial charge on any atom is 0.232 e. The van der Waals surface area contributed by atoms with E-state index in [1.165, 1.54) is 6.92 Å². The van der Waals surface area contributed by atoms with Crippen molar-refractivity contribution in [3.05, 3.63) is 53.5 Å². The van der Waals surface area contributed by atoms with Crippen LogP contribution < -0.4 is 9.47 Å². The fraction of sp³-hybridized carbons (Fsp3) is 0.176. The maximum absolute atomic E-state index is 12.3. The molecule has 1 aliphatic heterocycles. The minimum Gasteiger partial charge on any atom is -0.486 e. The Morgan fingerprint density at radius 1 is 1.36 bits per heavy atom. The predicted molar refractivity (Wildman–Crippen MR) is 81.0 cm³/mol. The molecule has 0 saturated carbocycles. The number of carbonyl (C=O) groups excluding carboxylic acids is 2. The van der Waals surface area contributed by atoms with E-state index >= 15 is 0 Å². The molecule has 3 rings (SSSR count). The predicted octanol–water partition coefficient (Wildman–Crippen LogP) is 2.61. The van der Waals surface area contributed by atoms with Crippen molar-refractivity contribution in [2.24, 2.45) is 7.05 Å². The van der Waals surface area contributed by atoms with E-state index in [-0.39, 0.29) is 23.9 Å². The summed E-state index contributed by atoms with van der Waals surface area (Å²) in [6, 6.07) is 8.73. The second-order valence-corrected chi connectivity index (χ2v) is 5.13. The van der Waals surface area contributed by atoms with Gasteiger partial charge >= 0.3 is 0 Å². The van der Waals surface area contributed by atoms with Crippen molar-refractivity contribution in [2.75, 3.05) is 6.61 Å². The first-order chi connectivity index (χ1) is 10.5. The molecule has 0 atom stereocenters. The zero-order chi connectivity index (χ0) is 15.7. The molecule has 2 aromatic rings. The molecule has 0 bridgehead atoms. The van der Waals surface area contributed by atoms with Gasteiger partial charge in [0.25, 0.3) is 0 Å². The number of aromatic nitrogens is 1. The lowest BCUT2D eigenvalue weighted by Gasteiger charge is -2.05. The average Bonchev–Trinajstić information content (AvgIpc) is 3.02. The van der Waals surface area contributed by atoms with E-state index in [1.807, 2.05) is 29.9 Å². The molecule has 22 heavy (non-hydrogen) atoms. The molecule has 5 heteroatoms. The van der Waals surface area contributed by atoms with Crippen LogP contribution in [-0.2, 0) is 11.8 Å². The second kappa shape index (κ2) is 5.52. The molecule has 0 radical (unpaired) electrons. The Morgan fingerprint density at radius 3 is 2.86 bits per heavy atom. The Kier molecular flexibility index (Phi) is 3.55. The van der Waals surface area contributed by atoms with Crippen molar-refractivity contribution in [3.63, 3.8) is 0 Å². The van der Waals surface area contributed by atoms with E-state index in [0.29, 0.717) is 17.1 Å². The highest BCUT2D eigenvalue weighted by molar-refractivity contribution is 6.14. The lowest BCUT2D eigenvalue weighted by molar-refractivity contribution is -0.118. The Morgan fingerprint density at radius 2 is 2.18 bits per heavy atom. The largest absolute Gasteiger partial charge is 0.486 e. The van der Waals surface area contributed by atoms with Gasteiger partial charge in [0.1, 0.15) is 18.1 Å². The van der Waals surface area contributed by atoms with E-state index in [9.17, 15) is 9.59 Å². The Hall–Kier alpha value is -2.82. The number of benzene rings is 1. The van der Waals surface area contributed by atoms with Crippen molar-refractivity contribution < 1.29 is 19.1 Å². The van der Waals surface area contributed by atoms with Crippen LogP contribution in [0, 0.1) is 0 Å². The van der Waals surface area contributed by atoms with Gasteiger partial charge in [0.15, 0.2) is 11.5 Å². The molecule has 2 heterocycles. The molecule has 0 unspecified atom stereocenters. The monoisotopic (exact) mass is 297 g/mol. The third kappa shape index (κ3) is 2.65. The van der Waals surface area contributed by atoms with Crippen LogP contribution in [0.4, 0.5) is 0 Å². The number of carbonyl (C=O) groups is 2. The van der Waals surface area contributed by atoms with Gasteiger partial charge < -0.3 is 14.0 Å². The summed E-state index contributed by atoms with van der Waals surface area (Å²) >= 11 is 0. The van der Waals surface area contributed by atoms with Gasteiger partial charge in [-0.1, -0.05) is 0 Å². The van der Waals surface area contributed by atoms with E-state index in [0.717, 1.165) is 5.69 Å². The van der Waals surface area contributed by atoms with Gasteiger partial charge in [-0.05, 0) is 31.2 Å². The van der Waals surface area contributed by atoms with Crippen LogP contribution in [-0.4, -0.2) is 22.7 Å². The normalized spacial score (nSPS) is 14.8. The molecule has 0 amide bonds. The number of rotatable bonds is 4. The van der Waals surface area contributed by atoms with Crippen molar-refractivity contribution >= 4 is 17.6 Å². The number of nitrogens with zero attached hydrogens (tertiary/aromatic N) is 1. The van der Waals surface area contributed by atoms with Gasteiger partial charge in [0.2, 0.25) is 5.78 Å². The number of allylic oxidation sites excluding steroid dienone is 1. The molecule has 1 aromatic carbocycles. The molecule has 112 valence electrons. The summed E-state index contributed by atoms with van der Waals surface area (Å²) in [6.07, 6.45) is 3.60. The Balaban J connectivity index is 1.86. The zero-order valence-electron chi connectivity index (χ0n) is 12.3. The van der Waals surface area contributed by atoms with Crippen LogP contribution >= 0.6 is 0 Å². The molecule has 5 nitrogen and oxygen atoms in total. The minimum atomic E-state index is -0.158. The SMILES string of the molecule is CC(=O)COc1ccc2c(c1)OC(=Cc1cccn1C)C2=O. The van der Waals surface area contributed by atoms with Crippen molar-refractivity contribution in [1.29, 1.82) is 0 Å². The zero-order valence-corrected chi connectivity index (χ0v) is 12.3. The molecular formula is C17H15NO4. The molecule has 0 saturated heterocycles. The summed E-state index contributed by atoms with van der Waals surface area (Å²) in [4.78, 5) is 23.3. The fourth-order valence-corrected chi connectivity index (χ4v) is 2.20. The molecule has 0 aliphatic carbocycles. The summed E-state index contributed by atoms with van der Waals surface area (Å²) in [6.45, 7) is 1.45. The number of ketones is 2. The highest BCUT2D eigenvalue weighted by Gasteiger charge is 2.28. The van der Waals surface area contributed by atoms with Crippen molar-refractivity contribution in [1.82, 2.24) is 4.57 Å². The van der Waals surface area contributed by atoms with Crippen molar-refractivity contribution in [2.45, 2.75) is 6.92 Å². The van der Waals surface area contributed by atoms with Crippen LogP contribution in [0.1, 0.15) is 23.0 Å². The van der Waals surface area contributed by atoms with Crippen LogP contribution in [0.3, 0.4) is 0 Å². The third-order valence-electron chi connectivity index (χ3n) is 3.35. The number of hydrogen-bond donors (Lipinski definition) is 0. The first kappa shape index (κ1) is 14.1. The van der Waals surface area contributed by atoms with Crippen LogP contribution in [0.5, 0.6) is 11.5 Å². The first-order valence-electron chi connectivity index (χ1n) is 6.86. The van der Waals surface area contributed by atoms with Crippen molar-refractivity contribution in [3.8, 4) is 11.5 Å². The molecule has 0 fully saturated rings. The Bertz CT molecular complexity index is 786. The van der Waals surface area contributed by atoms with Gasteiger partial charge in [0.05, 0.1) is 5.56 Å². The molecule has 1 aliphatic rings. The molecule has 0 N–H and O–H groups in total. The summed E-state index contributed by atoms with van der Waals surface area (Å²) in [5.41, 5.74) is 1.37. The topological polar surface area (TPSA) is 57.5 Å². The lowest BCUT2D eigenvalue weighted by Crippen LogP contribution is -2.06. The summed E-state index contributed by atoms with van der Waals surface area (Å²) < 4.78 is 12.8. The smallest absolute Gasteiger partial charge is 0.232 e. The van der Waals surface area contributed by atoms with Gasteiger partial charge in [-0.25, -0.2) is 0 Å². The number of aryl methyl sites for hydroxylation is 1. The van der Waals surface area contributed by atoms with Crippen LogP contribution in [0.15, 0.2) is 42.3 Å². The standard InChI is InChI=1S/C17H15NO4/c1-11(19)10-21-13-5-6-14-15(9-13)22-16(17(14)20)8-12-4-3-7-18(12)2/h3-9H,10H2,1-2H3. The van der Waals surface area contributed by atoms with Gasteiger partial charge in [-0.15, -0.1) is 0 Å². The Labute approximate surface area is 127 Å². The minimum absolute atomic E-state index is 0.00121. The van der Waals surface area contributed by atoms with Gasteiger partial charge in [-0.3, -0.25) is 9.59 Å². The lowest BCUT2D eigenvalue weighted by atomic mass is 10.1. The van der Waals surface area contributed by atoms with Crippen LogP contribution in [0.25, 0.3) is 6.08 Å². The number of Topliss-reactive ketones (excluding diaryl/α,β-unsaturated/α-hetero) is 2. The van der Waals surface area contributed by atoms with E-state index in [1.54, 1.807) is 24.3 Å². The van der Waals surface area contributed by atoms with Crippen LogP contribution in [0.2, 0.25) is 0 Å². The molecule has 1 aromatic heterocycles.